The van der Waals surface area contributed by atoms with Crippen LogP contribution in [0.4, 0.5) is 18.0 Å². The monoisotopic (exact) mass is 631 g/mol. The van der Waals surface area contributed by atoms with Crippen molar-refractivity contribution in [2.24, 2.45) is 12.8 Å². The Hall–Kier alpha value is -3.81. The number of amides is 1. The zero-order valence-corrected chi connectivity index (χ0v) is 24.9. The van der Waals surface area contributed by atoms with Gasteiger partial charge in [0.05, 0.1) is 28.8 Å². The lowest BCUT2D eigenvalue weighted by atomic mass is 10.0. The second-order valence-corrected chi connectivity index (χ2v) is 11.8. The summed E-state index contributed by atoms with van der Waals surface area (Å²) in [7, 11) is 1.78. The maximum atomic E-state index is 13.2. The van der Waals surface area contributed by atoms with E-state index in [4.69, 9.17) is 27.3 Å². The molecule has 0 radical (unpaired) electrons. The van der Waals surface area contributed by atoms with E-state index in [0.717, 1.165) is 73.3 Å². The van der Waals surface area contributed by atoms with Crippen LogP contribution < -0.4 is 11.4 Å². The number of halogens is 4. The summed E-state index contributed by atoms with van der Waals surface area (Å²) in [6.45, 7) is 3.83. The highest BCUT2D eigenvalue weighted by Crippen LogP contribution is 2.34. The van der Waals surface area contributed by atoms with Crippen molar-refractivity contribution >= 4 is 28.7 Å². The van der Waals surface area contributed by atoms with E-state index in [2.05, 4.69) is 4.90 Å². The number of aromatic nitrogens is 4. The molecule has 1 amide bonds. The van der Waals surface area contributed by atoms with E-state index in [1.54, 1.807) is 17.7 Å². The Morgan fingerprint density at radius 3 is 2.48 bits per heavy atom. The summed E-state index contributed by atoms with van der Waals surface area (Å²) in [5.74, 6) is 0. The number of carbonyl (C=O) groups excluding carboxylic acids is 1. The van der Waals surface area contributed by atoms with E-state index in [-0.39, 0.29) is 18.3 Å². The van der Waals surface area contributed by atoms with Crippen molar-refractivity contribution in [3.05, 3.63) is 74.8 Å². The van der Waals surface area contributed by atoms with Crippen molar-refractivity contribution in [1.82, 2.24) is 28.9 Å². The molecule has 4 aromatic rings. The first-order valence-corrected chi connectivity index (χ1v) is 14.9. The van der Waals surface area contributed by atoms with Crippen LogP contribution in [0.25, 0.3) is 22.3 Å². The Balaban J connectivity index is 1.13. The Bertz CT molecular complexity index is 1740. The van der Waals surface area contributed by atoms with Crippen LogP contribution in [0, 0.1) is 0 Å². The van der Waals surface area contributed by atoms with E-state index in [0.29, 0.717) is 35.8 Å². The molecule has 2 aromatic carbocycles. The van der Waals surface area contributed by atoms with E-state index >= 15 is 0 Å². The highest BCUT2D eigenvalue weighted by atomic mass is 35.5. The third-order valence-electron chi connectivity index (χ3n) is 8.62. The van der Waals surface area contributed by atoms with E-state index in [9.17, 15) is 22.8 Å². The van der Waals surface area contributed by atoms with Gasteiger partial charge in [0.1, 0.15) is 0 Å². The Morgan fingerprint density at radius 2 is 1.80 bits per heavy atom. The lowest BCUT2D eigenvalue weighted by molar-refractivity contribution is -0.137. The molecule has 0 unspecified atom stereocenters. The Morgan fingerprint density at radius 1 is 1.07 bits per heavy atom. The average molecular weight is 632 g/mol. The van der Waals surface area contributed by atoms with Crippen molar-refractivity contribution in [3.8, 4) is 11.3 Å². The second kappa shape index (κ2) is 11.9. The van der Waals surface area contributed by atoms with Gasteiger partial charge in [0.25, 0.3) is 0 Å². The number of fused-ring (bicyclic) bond motifs is 2. The lowest BCUT2D eigenvalue weighted by Crippen LogP contribution is -2.38. The van der Waals surface area contributed by atoms with Crippen LogP contribution in [0.3, 0.4) is 0 Å². The van der Waals surface area contributed by atoms with Crippen LogP contribution >= 0.6 is 11.6 Å². The van der Waals surface area contributed by atoms with Gasteiger partial charge in [-0.15, -0.1) is 5.06 Å². The number of imidazole rings is 1. The molecule has 2 aliphatic rings. The van der Waals surface area contributed by atoms with Crippen LogP contribution in [-0.4, -0.2) is 61.2 Å². The van der Waals surface area contributed by atoms with E-state index < -0.39 is 17.8 Å². The van der Waals surface area contributed by atoms with Gasteiger partial charge in [0, 0.05) is 67.5 Å². The van der Waals surface area contributed by atoms with Gasteiger partial charge in [-0.05, 0) is 56.1 Å². The van der Waals surface area contributed by atoms with Crippen LogP contribution in [0.15, 0.2) is 47.3 Å². The van der Waals surface area contributed by atoms with Crippen LogP contribution in [-0.2, 0) is 37.6 Å². The Kier molecular flexibility index (Phi) is 8.20. The van der Waals surface area contributed by atoms with Crippen molar-refractivity contribution in [2.45, 2.75) is 51.0 Å². The quantitative estimate of drug-likeness (QED) is 0.309. The van der Waals surface area contributed by atoms with Crippen molar-refractivity contribution < 1.29 is 22.8 Å². The molecule has 10 nitrogen and oxygen atoms in total. The first kappa shape index (κ1) is 30.2. The molecule has 2 aliphatic heterocycles. The summed E-state index contributed by atoms with van der Waals surface area (Å²) in [5.41, 5.74) is 9.06. The number of primary amides is 1. The SMILES string of the molecule is Cn1c(=O)n(C2CCN(CCCn3nc(-c4ccc(C(F)(F)F)cc4)c4c3CCN(OC(N)=O)C4)CC2)c2cc(Cl)ccc21. The summed E-state index contributed by atoms with van der Waals surface area (Å²) in [5, 5.41) is 6.87. The maximum Gasteiger partial charge on any atom is 0.423 e. The van der Waals surface area contributed by atoms with Gasteiger partial charge < -0.3 is 15.5 Å². The lowest BCUT2D eigenvalue weighted by Gasteiger charge is -2.32. The molecule has 6 rings (SSSR count). The van der Waals surface area contributed by atoms with Crippen molar-refractivity contribution in [3.63, 3.8) is 0 Å². The van der Waals surface area contributed by atoms with Crippen molar-refractivity contribution in [2.75, 3.05) is 26.2 Å². The molecular weight excluding hydrogens is 599 g/mol. The molecule has 0 atom stereocenters. The summed E-state index contributed by atoms with van der Waals surface area (Å²) >= 11 is 6.24. The molecule has 0 saturated carbocycles. The number of piperidine rings is 1. The van der Waals surface area contributed by atoms with Gasteiger partial charge >= 0.3 is 18.0 Å². The number of nitrogens with two attached hydrogens (primary N) is 1. The number of benzene rings is 2. The smallest absolute Gasteiger partial charge is 0.351 e. The minimum Gasteiger partial charge on any atom is -0.351 e. The molecule has 1 saturated heterocycles. The van der Waals surface area contributed by atoms with Crippen molar-refractivity contribution in [1.29, 1.82) is 0 Å². The van der Waals surface area contributed by atoms with Gasteiger partial charge in [-0.25, -0.2) is 9.59 Å². The van der Waals surface area contributed by atoms with E-state index in [1.807, 2.05) is 21.4 Å². The third kappa shape index (κ3) is 5.95. The average Bonchev–Trinajstić information content (AvgIpc) is 3.46. The predicted octanol–water partition coefficient (Wildman–Crippen LogP) is 4.97. The van der Waals surface area contributed by atoms with E-state index in [1.165, 1.54) is 17.2 Å². The molecule has 14 heteroatoms. The fourth-order valence-electron chi connectivity index (χ4n) is 6.44. The minimum atomic E-state index is -4.43. The van der Waals surface area contributed by atoms with Crippen LogP contribution in [0.2, 0.25) is 5.02 Å². The molecule has 44 heavy (non-hydrogen) atoms. The summed E-state index contributed by atoms with van der Waals surface area (Å²) in [4.78, 5) is 31.9. The van der Waals surface area contributed by atoms with Gasteiger partial charge in [0.15, 0.2) is 0 Å². The number of rotatable bonds is 7. The largest absolute Gasteiger partial charge is 0.423 e. The number of hydrogen-bond acceptors (Lipinski definition) is 6. The zero-order valence-electron chi connectivity index (χ0n) is 24.2. The summed E-state index contributed by atoms with van der Waals surface area (Å²) < 4.78 is 44.9. The van der Waals surface area contributed by atoms with Gasteiger partial charge in [0.2, 0.25) is 0 Å². The fourth-order valence-corrected chi connectivity index (χ4v) is 6.61. The number of carbonyl (C=O) groups is 1. The summed E-state index contributed by atoms with van der Waals surface area (Å²) in [6.07, 6.45) is -2.30. The van der Waals surface area contributed by atoms with Gasteiger partial charge in [-0.3, -0.25) is 13.8 Å². The molecule has 2 aromatic heterocycles. The number of nitrogens with zero attached hydrogens (tertiary/aromatic N) is 6. The second-order valence-electron chi connectivity index (χ2n) is 11.4. The minimum absolute atomic E-state index is 0.0344. The zero-order chi connectivity index (χ0) is 31.2. The highest BCUT2D eigenvalue weighted by Gasteiger charge is 2.32. The highest BCUT2D eigenvalue weighted by molar-refractivity contribution is 6.31. The maximum absolute atomic E-state index is 13.2. The van der Waals surface area contributed by atoms with Crippen LogP contribution in [0.5, 0.6) is 0 Å². The number of hydroxylamine groups is 2. The van der Waals surface area contributed by atoms with Gasteiger partial charge in [-0.1, -0.05) is 23.7 Å². The van der Waals surface area contributed by atoms with Gasteiger partial charge in [-0.2, -0.15) is 18.3 Å². The Labute approximate surface area is 256 Å². The molecule has 1 fully saturated rings. The number of hydrogen-bond donors (Lipinski definition) is 1. The molecule has 4 heterocycles. The molecule has 0 bridgehead atoms. The molecule has 2 N–H and O–H groups in total. The predicted molar refractivity (Wildman–Crippen MR) is 159 cm³/mol. The fraction of sp³-hybridized carbons (Fsp3) is 0.433. The summed E-state index contributed by atoms with van der Waals surface area (Å²) in [6, 6.07) is 10.6. The molecule has 0 spiro atoms. The normalized spacial score (nSPS) is 16.8. The standard InChI is InChI=1S/C30H33ClF3N7O3/c1-37-25-8-7-21(31)17-26(25)41(29(37)43)22-9-14-38(15-10-22)12-2-13-40-24-11-16-39(44-28(35)42)18-23(24)27(36-40)19-3-5-20(6-4-19)30(32,33)34/h3-8,17,22H,2,9-16,18H2,1H3,(H2,35,42). The number of aryl methyl sites for hydroxylation is 2. The first-order chi connectivity index (χ1) is 21.0. The molecule has 234 valence electrons. The van der Waals surface area contributed by atoms with Crippen LogP contribution in [0.1, 0.15) is 42.1 Å². The third-order valence-corrected chi connectivity index (χ3v) is 8.86. The first-order valence-electron chi connectivity index (χ1n) is 14.6. The topological polar surface area (TPSA) is 104 Å². The molecular formula is C30H33ClF3N7O3. The molecule has 0 aliphatic carbocycles. The number of alkyl halides is 3. The number of likely N-dealkylation sites (tertiary alicyclic amines) is 1.